The first-order chi connectivity index (χ1) is 22.2. The molecule has 1 spiro atoms. The maximum Gasteiger partial charge on any atom is 0.158 e. The van der Waals surface area contributed by atoms with Crippen molar-refractivity contribution in [1.82, 2.24) is 4.39 Å². The Hall–Kier alpha value is -1.72. The van der Waals surface area contributed by atoms with Crippen molar-refractivity contribution in [1.29, 1.82) is 0 Å². The molecule has 2 fully saturated rings. The van der Waals surface area contributed by atoms with Crippen LogP contribution >= 0.6 is 11.6 Å². The third-order valence-corrected chi connectivity index (χ3v) is 20.4. The van der Waals surface area contributed by atoms with Crippen LogP contribution in [0.4, 0.5) is 5.69 Å². The number of nitrogens with zero attached hydrogens (tertiary/aromatic N) is 1. The Morgan fingerprint density at radius 1 is 1.19 bits per heavy atom. The van der Waals surface area contributed by atoms with Crippen molar-refractivity contribution in [2.75, 3.05) is 31.2 Å². The molecule has 0 aromatic heterocycles. The summed E-state index contributed by atoms with van der Waals surface area (Å²) in [5.74, 6) is 1.60. The normalized spacial score (nSPS) is 27.6. The van der Waals surface area contributed by atoms with Crippen LogP contribution in [0, 0.1) is 11.8 Å². The van der Waals surface area contributed by atoms with Crippen molar-refractivity contribution in [2.24, 2.45) is 17.0 Å². The fourth-order valence-corrected chi connectivity index (χ4v) is 13.8. The van der Waals surface area contributed by atoms with Gasteiger partial charge in [0.1, 0.15) is 14.0 Å². The zero-order chi connectivity index (χ0) is 33.6. The van der Waals surface area contributed by atoms with Gasteiger partial charge in [0.25, 0.3) is 0 Å². The van der Waals surface area contributed by atoms with Gasteiger partial charge >= 0.3 is 0 Å². The largest absolute Gasteiger partial charge is 0.490 e. The minimum Gasteiger partial charge on any atom is -0.490 e. The summed E-state index contributed by atoms with van der Waals surface area (Å²) in [6, 6.07) is 12.3. The van der Waals surface area contributed by atoms with Crippen molar-refractivity contribution in [3.05, 3.63) is 65.2 Å². The van der Waals surface area contributed by atoms with Gasteiger partial charge in [-0.15, -0.1) is 6.58 Å². The second-order valence-electron chi connectivity index (χ2n) is 16.0. The van der Waals surface area contributed by atoms with Crippen LogP contribution in [0.15, 0.2) is 53.9 Å². The third kappa shape index (κ3) is 7.28. The van der Waals surface area contributed by atoms with Crippen LogP contribution < -0.4 is 19.2 Å². The Labute approximate surface area is 289 Å². The maximum atomic E-state index is 14.3. The summed E-state index contributed by atoms with van der Waals surface area (Å²) in [6.07, 6.45) is 10.3. The molecule has 1 saturated heterocycles. The summed E-state index contributed by atoms with van der Waals surface area (Å²) in [6.45, 7) is 18.2. The molecule has 2 aliphatic carbocycles. The standard InChI is InChI=1S/C37H56ClN3O4SSi/c1-7-33(45-35-12-8-9-20-43-35)30-16-13-27(30)23-41-24-37(19-10-11-26-21-28(38)14-17-31(26)37)25-44-34-18-15-29(22-32(34)41)46(39,42)40-47(5,6)36(2,3)4/h7,14-15,17-18,21-22,27,30,33,35,46H,1,8-13,16,19-20,23-25H2,2-6H3,(H3,39,40,42)/t27-,30+,33-,35?,37-/m0/s1. The van der Waals surface area contributed by atoms with E-state index in [-0.39, 0.29) is 22.8 Å². The molecule has 0 radical (unpaired) electrons. The fraction of sp³-hybridized carbons (Fsp3) is 0.622. The number of hydrogen-bond acceptors (Lipinski definition) is 5. The van der Waals surface area contributed by atoms with E-state index in [2.05, 4.69) is 61.9 Å². The van der Waals surface area contributed by atoms with Crippen LogP contribution in [-0.2, 0) is 31.6 Å². The highest BCUT2D eigenvalue weighted by atomic mass is 35.5. The molecule has 4 aliphatic rings. The molecule has 10 heteroatoms. The minimum absolute atomic E-state index is 0.0157. The number of benzene rings is 2. The molecule has 260 valence electrons. The first-order valence-electron chi connectivity index (χ1n) is 17.6. The van der Waals surface area contributed by atoms with Crippen LogP contribution in [0.3, 0.4) is 0 Å². The van der Waals surface area contributed by atoms with E-state index in [0.29, 0.717) is 23.3 Å². The van der Waals surface area contributed by atoms with Gasteiger partial charge in [-0.1, -0.05) is 57.6 Å². The van der Waals surface area contributed by atoms with Crippen molar-refractivity contribution < 1.29 is 18.4 Å². The molecule has 2 aromatic carbocycles. The Kier molecular flexibility index (Phi) is 10.1. The van der Waals surface area contributed by atoms with E-state index in [1.807, 2.05) is 30.3 Å². The summed E-state index contributed by atoms with van der Waals surface area (Å²) >= 11 is 6.48. The predicted molar refractivity (Wildman–Crippen MR) is 197 cm³/mol. The Bertz CT molecular complexity index is 1510. The van der Waals surface area contributed by atoms with E-state index >= 15 is 0 Å². The molecule has 5 atom stereocenters. The molecule has 47 heavy (non-hydrogen) atoms. The van der Waals surface area contributed by atoms with Gasteiger partial charge in [-0.25, -0.2) is 0 Å². The minimum atomic E-state index is -3.36. The van der Waals surface area contributed by atoms with E-state index in [0.717, 1.165) is 87.5 Å². The van der Waals surface area contributed by atoms with E-state index in [1.165, 1.54) is 11.1 Å². The Morgan fingerprint density at radius 3 is 2.68 bits per heavy atom. The van der Waals surface area contributed by atoms with Gasteiger partial charge in [-0.2, -0.15) is 0 Å². The molecule has 0 amide bonds. The highest BCUT2D eigenvalue weighted by molar-refractivity contribution is 8.00. The van der Waals surface area contributed by atoms with E-state index < -0.39 is 18.5 Å². The van der Waals surface area contributed by atoms with Gasteiger partial charge in [-0.3, -0.25) is 13.7 Å². The van der Waals surface area contributed by atoms with Crippen LogP contribution in [0.25, 0.3) is 0 Å². The van der Waals surface area contributed by atoms with Gasteiger partial charge in [0, 0.05) is 45.3 Å². The van der Waals surface area contributed by atoms with Gasteiger partial charge < -0.3 is 19.1 Å². The van der Waals surface area contributed by atoms with Gasteiger partial charge in [0.15, 0.2) is 6.29 Å². The monoisotopic (exact) mass is 701 g/mol. The molecular weight excluding hydrogens is 646 g/mol. The van der Waals surface area contributed by atoms with Crippen LogP contribution in [0.5, 0.6) is 5.75 Å². The number of thiol groups is 1. The zero-order valence-corrected chi connectivity index (χ0v) is 31.7. The molecule has 1 unspecified atom stereocenters. The SMILES string of the molecule is C=C[C@H](OC1CCCCO1)[C@@H]1CC[C@H]1CN1C[C@@]2(CCCc3cc(Cl)ccc32)COc2ccc([SH](N)(=O)N[Si](C)(C)C(C)(C)C)cc21. The van der Waals surface area contributed by atoms with Crippen LogP contribution in [-0.4, -0.2) is 51.1 Å². The third-order valence-electron chi connectivity index (χ3n) is 11.8. The Balaban J connectivity index is 1.34. The molecular formula is C37H56ClN3O4SSi. The fourth-order valence-electron chi connectivity index (χ4n) is 7.82. The average molecular weight is 702 g/mol. The van der Waals surface area contributed by atoms with Crippen molar-refractivity contribution >= 4 is 35.8 Å². The molecule has 3 N–H and O–H groups in total. The number of fused-ring (bicyclic) bond motifs is 3. The highest BCUT2D eigenvalue weighted by Gasteiger charge is 2.45. The van der Waals surface area contributed by atoms with Crippen LogP contribution in [0.2, 0.25) is 23.2 Å². The lowest BCUT2D eigenvalue weighted by Gasteiger charge is -2.46. The highest BCUT2D eigenvalue weighted by Crippen LogP contribution is 2.47. The summed E-state index contributed by atoms with van der Waals surface area (Å²) in [4.78, 5) is 3.16. The number of ether oxygens (including phenoxy) is 3. The average Bonchev–Trinajstić information content (AvgIpc) is 3.15. The summed E-state index contributed by atoms with van der Waals surface area (Å²) in [5.41, 5.74) is 3.44. The number of nitrogens with one attached hydrogen (secondary N) is 1. The summed E-state index contributed by atoms with van der Waals surface area (Å²) in [7, 11) is -5.52. The van der Waals surface area contributed by atoms with Crippen molar-refractivity contribution in [3.63, 3.8) is 0 Å². The van der Waals surface area contributed by atoms with Crippen LogP contribution in [0.1, 0.15) is 76.8 Å². The first kappa shape index (κ1) is 35.1. The van der Waals surface area contributed by atoms with E-state index in [9.17, 15) is 4.21 Å². The first-order valence-corrected chi connectivity index (χ1v) is 22.8. The Morgan fingerprint density at radius 2 is 2.00 bits per heavy atom. The summed E-state index contributed by atoms with van der Waals surface area (Å²) in [5, 5.41) is 7.49. The summed E-state index contributed by atoms with van der Waals surface area (Å²) < 4.78 is 37.0. The number of aryl methyl sites for hydroxylation is 1. The molecule has 0 bridgehead atoms. The predicted octanol–water partition coefficient (Wildman–Crippen LogP) is 7.70. The quantitative estimate of drug-likeness (QED) is 0.142. The second-order valence-corrected chi connectivity index (χ2v) is 23.9. The topological polar surface area (TPSA) is 86.1 Å². The van der Waals surface area contributed by atoms with Crippen molar-refractivity contribution in [2.45, 2.75) is 113 Å². The van der Waals surface area contributed by atoms with Crippen molar-refractivity contribution in [3.8, 4) is 5.75 Å². The molecule has 1 saturated carbocycles. The lowest BCUT2D eigenvalue weighted by Crippen LogP contribution is -2.59. The molecule has 2 aromatic rings. The van der Waals surface area contributed by atoms with Gasteiger partial charge in [0.05, 0.1) is 18.4 Å². The van der Waals surface area contributed by atoms with Gasteiger partial charge in [-0.05, 0) is 110 Å². The number of nitrogens with two attached hydrogens (primary N) is 1. The maximum absolute atomic E-state index is 14.3. The molecule has 6 rings (SSSR count). The number of anilines is 1. The number of hydrogen-bond donors (Lipinski definition) is 3. The smallest absolute Gasteiger partial charge is 0.158 e. The lowest BCUT2D eigenvalue weighted by atomic mass is 9.68. The van der Waals surface area contributed by atoms with Gasteiger partial charge in [0.2, 0.25) is 0 Å². The van der Waals surface area contributed by atoms with E-state index in [4.69, 9.17) is 31.0 Å². The zero-order valence-electron chi connectivity index (χ0n) is 29.0. The molecule has 2 heterocycles. The number of rotatable bonds is 9. The lowest BCUT2D eigenvalue weighted by molar-refractivity contribution is -0.197. The second kappa shape index (κ2) is 13.5. The number of halogens is 1. The van der Waals surface area contributed by atoms with E-state index in [1.54, 1.807) is 0 Å². The molecule has 2 aliphatic heterocycles. The molecule has 7 nitrogen and oxygen atoms in total.